The van der Waals surface area contributed by atoms with Gasteiger partial charge in [-0.2, -0.15) is 0 Å². The van der Waals surface area contributed by atoms with Crippen molar-refractivity contribution in [3.8, 4) is 0 Å². The van der Waals surface area contributed by atoms with E-state index in [1.165, 1.54) is 12.4 Å². The van der Waals surface area contributed by atoms with Gasteiger partial charge in [-0.05, 0) is 24.3 Å². The maximum Gasteiger partial charge on any atom is 0.261 e. The first kappa shape index (κ1) is 12.1. The summed E-state index contributed by atoms with van der Waals surface area (Å²) in [5.74, 6) is -0.454. The van der Waals surface area contributed by atoms with Crippen LogP contribution in [-0.2, 0) is 0 Å². The van der Waals surface area contributed by atoms with Gasteiger partial charge in [0.2, 0.25) is 5.43 Å². The first-order chi connectivity index (χ1) is 9.75. The Balaban J connectivity index is 2.00. The monoisotopic (exact) mass is 265 g/mol. The lowest BCUT2D eigenvalue weighted by molar-refractivity contribution is 0.102. The van der Waals surface area contributed by atoms with Gasteiger partial charge in [-0.1, -0.05) is 12.1 Å². The molecule has 2 aromatic heterocycles. The van der Waals surface area contributed by atoms with Crippen LogP contribution in [0.15, 0.2) is 59.8 Å². The van der Waals surface area contributed by atoms with E-state index in [2.05, 4.69) is 15.3 Å². The molecule has 1 aromatic carbocycles. The molecule has 3 aromatic rings. The van der Waals surface area contributed by atoms with E-state index in [-0.39, 0.29) is 11.0 Å². The molecule has 2 heterocycles. The van der Waals surface area contributed by atoms with Crippen molar-refractivity contribution in [1.82, 2.24) is 9.97 Å². The van der Waals surface area contributed by atoms with Gasteiger partial charge in [-0.3, -0.25) is 14.6 Å². The van der Waals surface area contributed by atoms with Gasteiger partial charge in [0, 0.05) is 23.3 Å². The van der Waals surface area contributed by atoms with Crippen molar-refractivity contribution in [2.75, 3.05) is 5.32 Å². The van der Waals surface area contributed by atoms with Gasteiger partial charge in [0.15, 0.2) is 0 Å². The molecule has 0 aliphatic heterocycles. The van der Waals surface area contributed by atoms with E-state index >= 15 is 0 Å². The molecule has 0 atom stereocenters. The third-order valence-corrected chi connectivity index (χ3v) is 2.95. The Morgan fingerprint density at radius 2 is 2.00 bits per heavy atom. The Hall–Kier alpha value is -2.95. The number of nitrogens with zero attached hydrogens (tertiary/aromatic N) is 1. The summed E-state index contributed by atoms with van der Waals surface area (Å²) in [6, 6.07) is 10.5. The minimum Gasteiger partial charge on any atom is -0.360 e. The van der Waals surface area contributed by atoms with Crippen molar-refractivity contribution in [1.29, 1.82) is 0 Å². The molecule has 2 N–H and O–H groups in total. The van der Waals surface area contributed by atoms with Gasteiger partial charge in [0.25, 0.3) is 5.91 Å². The van der Waals surface area contributed by atoms with Gasteiger partial charge in [-0.15, -0.1) is 0 Å². The van der Waals surface area contributed by atoms with Crippen LogP contribution in [0.1, 0.15) is 10.4 Å². The van der Waals surface area contributed by atoms with E-state index < -0.39 is 5.91 Å². The van der Waals surface area contributed by atoms with Crippen LogP contribution in [0.3, 0.4) is 0 Å². The number of hydrogen-bond donors (Lipinski definition) is 2. The number of nitrogens with one attached hydrogen (secondary N) is 2. The van der Waals surface area contributed by atoms with E-state index in [9.17, 15) is 9.59 Å². The Bertz CT molecular complexity index is 825. The number of benzene rings is 1. The van der Waals surface area contributed by atoms with Crippen molar-refractivity contribution < 1.29 is 4.79 Å². The largest absolute Gasteiger partial charge is 0.360 e. The minimum absolute atomic E-state index is 0.0764. The summed E-state index contributed by atoms with van der Waals surface area (Å²) in [4.78, 5) is 31.2. The fourth-order valence-electron chi connectivity index (χ4n) is 1.97. The second-order valence-electron chi connectivity index (χ2n) is 4.27. The zero-order valence-electron chi connectivity index (χ0n) is 10.5. The second kappa shape index (κ2) is 4.97. The molecule has 98 valence electrons. The van der Waals surface area contributed by atoms with Gasteiger partial charge in [0.05, 0.1) is 11.9 Å². The predicted octanol–water partition coefficient (Wildman–Crippen LogP) is 2.18. The average molecular weight is 265 g/mol. The van der Waals surface area contributed by atoms with Crippen LogP contribution in [0.25, 0.3) is 10.9 Å². The van der Waals surface area contributed by atoms with E-state index in [0.717, 1.165) is 0 Å². The fourth-order valence-corrected chi connectivity index (χ4v) is 1.97. The number of carbonyl (C=O) groups is 1. The predicted molar refractivity (Wildman–Crippen MR) is 76.8 cm³/mol. The average Bonchev–Trinajstić information content (AvgIpc) is 2.49. The van der Waals surface area contributed by atoms with Crippen molar-refractivity contribution in [2.45, 2.75) is 0 Å². The zero-order valence-corrected chi connectivity index (χ0v) is 10.5. The number of pyridine rings is 2. The number of fused-ring (bicyclic) bond motifs is 1. The summed E-state index contributed by atoms with van der Waals surface area (Å²) in [5, 5.41) is 3.13. The summed E-state index contributed by atoms with van der Waals surface area (Å²) in [7, 11) is 0. The molecule has 0 bridgehead atoms. The molecule has 5 nitrogen and oxygen atoms in total. The molecule has 5 heteroatoms. The van der Waals surface area contributed by atoms with Crippen molar-refractivity contribution >= 4 is 22.5 Å². The number of hydrogen-bond acceptors (Lipinski definition) is 3. The van der Waals surface area contributed by atoms with Crippen LogP contribution in [0.4, 0.5) is 5.69 Å². The van der Waals surface area contributed by atoms with Crippen LogP contribution in [0.5, 0.6) is 0 Å². The van der Waals surface area contributed by atoms with Crippen LogP contribution in [-0.4, -0.2) is 15.9 Å². The molecule has 3 rings (SSSR count). The van der Waals surface area contributed by atoms with E-state index in [1.54, 1.807) is 36.5 Å². The number of amides is 1. The number of H-pyrrole nitrogens is 1. The molecule has 0 aliphatic rings. The number of anilines is 1. The van der Waals surface area contributed by atoms with Crippen molar-refractivity contribution in [3.05, 3.63) is 70.8 Å². The van der Waals surface area contributed by atoms with Crippen LogP contribution in [0, 0.1) is 0 Å². The molecule has 20 heavy (non-hydrogen) atoms. The van der Waals surface area contributed by atoms with Gasteiger partial charge in [-0.25, -0.2) is 0 Å². The van der Waals surface area contributed by atoms with E-state index in [0.29, 0.717) is 16.6 Å². The third kappa shape index (κ3) is 2.16. The van der Waals surface area contributed by atoms with Crippen LogP contribution in [0.2, 0.25) is 0 Å². The minimum atomic E-state index is -0.454. The molecule has 0 radical (unpaired) electrons. The third-order valence-electron chi connectivity index (χ3n) is 2.95. The first-order valence-electron chi connectivity index (χ1n) is 6.07. The molecule has 0 unspecified atom stereocenters. The van der Waals surface area contributed by atoms with E-state index in [4.69, 9.17) is 0 Å². The Kier molecular flexibility index (Phi) is 3.01. The normalized spacial score (nSPS) is 10.4. The summed E-state index contributed by atoms with van der Waals surface area (Å²) >= 11 is 0. The SMILES string of the molecule is O=C(Nc1cccnc1)c1c[nH]c2ccccc2c1=O. The molecule has 0 spiro atoms. The lowest BCUT2D eigenvalue weighted by Gasteiger charge is -2.05. The molecule has 0 aliphatic carbocycles. The quantitative estimate of drug-likeness (QED) is 0.745. The van der Waals surface area contributed by atoms with Gasteiger partial charge >= 0.3 is 0 Å². The number of aromatic amines is 1. The highest BCUT2D eigenvalue weighted by Crippen LogP contribution is 2.09. The topological polar surface area (TPSA) is 74.8 Å². The maximum atomic E-state index is 12.3. The highest BCUT2D eigenvalue weighted by molar-refractivity contribution is 6.05. The number of aromatic nitrogens is 2. The summed E-state index contributed by atoms with van der Waals surface area (Å²) in [6.07, 6.45) is 4.56. The van der Waals surface area contributed by atoms with Gasteiger partial charge in [0.1, 0.15) is 5.56 Å². The first-order valence-corrected chi connectivity index (χ1v) is 6.07. The molecule has 1 amide bonds. The molecular formula is C15H11N3O2. The summed E-state index contributed by atoms with van der Waals surface area (Å²) < 4.78 is 0. The molecule has 0 saturated heterocycles. The van der Waals surface area contributed by atoms with Crippen LogP contribution < -0.4 is 10.7 Å². The Morgan fingerprint density at radius 1 is 1.15 bits per heavy atom. The number of rotatable bonds is 2. The lowest BCUT2D eigenvalue weighted by atomic mass is 10.1. The zero-order chi connectivity index (χ0) is 13.9. The Morgan fingerprint density at radius 3 is 2.80 bits per heavy atom. The standard InChI is InChI=1S/C15H11N3O2/c19-14-11-5-1-2-6-13(11)17-9-12(14)15(20)18-10-4-3-7-16-8-10/h1-9H,(H,17,19)(H,18,20). The fraction of sp³-hybridized carbons (Fsp3) is 0. The van der Waals surface area contributed by atoms with Crippen molar-refractivity contribution in [2.24, 2.45) is 0 Å². The Labute approximate surface area is 114 Å². The number of carbonyl (C=O) groups excluding carboxylic acids is 1. The smallest absolute Gasteiger partial charge is 0.261 e. The summed E-state index contributed by atoms with van der Waals surface area (Å²) in [5.41, 5.74) is 1.04. The molecule has 0 fully saturated rings. The van der Waals surface area contributed by atoms with E-state index in [1.807, 2.05) is 6.07 Å². The van der Waals surface area contributed by atoms with Crippen molar-refractivity contribution in [3.63, 3.8) is 0 Å². The van der Waals surface area contributed by atoms with Gasteiger partial charge < -0.3 is 10.3 Å². The molecule has 0 saturated carbocycles. The second-order valence-corrected chi connectivity index (χ2v) is 4.27. The number of para-hydroxylation sites is 1. The highest BCUT2D eigenvalue weighted by Gasteiger charge is 2.12. The summed E-state index contributed by atoms with van der Waals surface area (Å²) in [6.45, 7) is 0. The van der Waals surface area contributed by atoms with Crippen LogP contribution >= 0.6 is 0 Å². The lowest BCUT2D eigenvalue weighted by Crippen LogP contribution is -2.21. The molecular weight excluding hydrogens is 254 g/mol. The highest BCUT2D eigenvalue weighted by atomic mass is 16.2. The maximum absolute atomic E-state index is 12.3.